The zero-order chi connectivity index (χ0) is 16.2. The first kappa shape index (κ1) is 16.6. The molecule has 0 fully saturated rings. The molecule has 7 heteroatoms. The van der Waals surface area contributed by atoms with Gasteiger partial charge in [-0.05, 0) is 49.7 Å². The summed E-state index contributed by atoms with van der Waals surface area (Å²) in [4.78, 5) is 2.02. The number of aliphatic hydroxyl groups excluding tert-OH is 1. The molecule has 0 aliphatic rings. The summed E-state index contributed by atoms with van der Waals surface area (Å²) >= 11 is 1.47. The van der Waals surface area contributed by atoms with Crippen LogP contribution in [0.3, 0.4) is 0 Å². The van der Waals surface area contributed by atoms with Crippen LogP contribution in [0, 0.1) is 11.3 Å². The number of nitriles is 1. The second-order valence-corrected chi connectivity index (χ2v) is 7.73. The van der Waals surface area contributed by atoms with Crippen LogP contribution in [0.2, 0.25) is 0 Å². The minimum atomic E-state index is -3.57. The van der Waals surface area contributed by atoms with Crippen LogP contribution in [0.4, 0.5) is 0 Å². The third kappa shape index (κ3) is 4.15. The van der Waals surface area contributed by atoms with Gasteiger partial charge in [-0.25, -0.2) is 13.1 Å². The fourth-order valence-corrected chi connectivity index (χ4v) is 3.84. The summed E-state index contributed by atoms with van der Waals surface area (Å²) in [5.74, 6) is 0. The van der Waals surface area contributed by atoms with E-state index in [-0.39, 0.29) is 11.4 Å². The standard InChI is InChI=1S/C15H16N2O3S2/c1-11(18)15-7-4-13(21-15)8-9-17-22(19,20)14-5-2-12(10-16)3-6-14/h2-7,11,17-18H,8-9H2,1H3. The van der Waals surface area contributed by atoms with Gasteiger partial charge in [-0.15, -0.1) is 11.3 Å². The number of rotatable bonds is 6. The predicted molar refractivity (Wildman–Crippen MR) is 85.0 cm³/mol. The van der Waals surface area contributed by atoms with E-state index in [0.717, 1.165) is 9.75 Å². The van der Waals surface area contributed by atoms with Crippen LogP contribution in [0.1, 0.15) is 28.3 Å². The van der Waals surface area contributed by atoms with E-state index in [9.17, 15) is 13.5 Å². The zero-order valence-electron chi connectivity index (χ0n) is 12.0. The molecule has 1 aromatic carbocycles. The van der Waals surface area contributed by atoms with Crippen LogP contribution >= 0.6 is 11.3 Å². The SMILES string of the molecule is CC(O)c1ccc(CCNS(=O)(=O)c2ccc(C#N)cc2)s1. The summed E-state index contributed by atoms with van der Waals surface area (Å²) in [6.45, 7) is 1.98. The van der Waals surface area contributed by atoms with E-state index in [4.69, 9.17) is 5.26 Å². The Bertz CT molecular complexity index is 772. The van der Waals surface area contributed by atoms with Crippen molar-refractivity contribution in [3.05, 3.63) is 51.7 Å². The molecule has 0 amide bonds. The van der Waals surface area contributed by atoms with E-state index in [1.165, 1.54) is 35.6 Å². The monoisotopic (exact) mass is 336 g/mol. The van der Waals surface area contributed by atoms with Crippen molar-refractivity contribution in [1.82, 2.24) is 4.72 Å². The number of hydrogen-bond acceptors (Lipinski definition) is 5. The molecule has 2 N–H and O–H groups in total. The number of sulfonamides is 1. The minimum Gasteiger partial charge on any atom is -0.388 e. The van der Waals surface area contributed by atoms with Crippen molar-refractivity contribution in [2.45, 2.75) is 24.3 Å². The highest BCUT2D eigenvalue weighted by molar-refractivity contribution is 7.89. The lowest BCUT2D eigenvalue weighted by Gasteiger charge is -2.06. The quantitative estimate of drug-likeness (QED) is 0.846. The summed E-state index contributed by atoms with van der Waals surface area (Å²) in [5, 5.41) is 18.2. The molecular formula is C15H16N2O3S2. The summed E-state index contributed by atoms with van der Waals surface area (Å²) in [6.07, 6.45) is 0.0569. The first-order valence-electron chi connectivity index (χ1n) is 6.69. The van der Waals surface area contributed by atoms with Gasteiger partial charge in [-0.2, -0.15) is 5.26 Å². The molecule has 5 nitrogen and oxygen atoms in total. The van der Waals surface area contributed by atoms with Crippen molar-refractivity contribution in [2.75, 3.05) is 6.54 Å². The number of nitrogens with one attached hydrogen (secondary N) is 1. The van der Waals surface area contributed by atoms with E-state index in [0.29, 0.717) is 12.0 Å². The second-order valence-electron chi connectivity index (χ2n) is 4.76. The molecule has 0 bridgehead atoms. The molecule has 116 valence electrons. The molecular weight excluding hydrogens is 320 g/mol. The van der Waals surface area contributed by atoms with Crippen LogP contribution < -0.4 is 4.72 Å². The maximum Gasteiger partial charge on any atom is 0.240 e. The van der Waals surface area contributed by atoms with Crippen molar-refractivity contribution in [2.24, 2.45) is 0 Å². The highest BCUT2D eigenvalue weighted by Gasteiger charge is 2.13. The highest BCUT2D eigenvalue weighted by Crippen LogP contribution is 2.23. The number of nitrogens with zero attached hydrogens (tertiary/aromatic N) is 1. The fraction of sp³-hybridized carbons (Fsp3) is 0.267. The van der Waals surface area contributed by atoms with Gasteiger partial charge in [0, 0.05) is 16.3 Å². The van der Waals surface area contributed by atoms with Crippen molar-refractivity contribution >= 4 is 21.4 Å². The van der Waals surface area contributed by atoms with Gasteiger partial charge in [-0.1, -0.05) is 0 Å². The van der Waals surface area contributed by atoms with Gasteiger partial charge < -0.3 is 5.11 Å². The molecule has 1 atom stereocenters. The molecule has 2 aromatic rings. The van der Waals surface area contributed by atoms with Gasteiger partial charge in [-0.3, -0.25) is 0 Å². The molecule has 22 heavy (non-hydrogen) atoms. The molecule has 1 aromatic heterocycles. The number of thiophene rings is 1. The van der Waals surface area contributed by atoms with E-state index in [2.05, 4.69) is 4.72 Å². The van der Waals surface area contributed by atoms with E-state index < -0.39 is 16.1 Å². The van der Waals surface area contributed by atoms with Gasteiger partial charge in [0.15, 0.2) is 0 Å². The summed E-state index contributed by atoms with van der Waals surface area (Å²) in [7, 11) is -3.57. The Kier molecular flexibility index (Phi) is 5.32. The Morgan fingerprint density at radius 3 is 2.50 bits per heavy atom. The molecule has 0 spiro atoms. The van der Waals surface area contributed by atoms with Crippen LogP contribution in [0.15, 0.2) is 41.3 Å². The number of benzene rings is 1. The Balaban J connectivity index is 1.95. The Labute approximate surface area is 133 Å². The van der Waals surface area contributed by atoms with Crippen LogP contribution in [-0.2, 0) is 16.4 Å². The summed E-state index contributed by atoms with van der Waals surface area (Å²) < 4.78 is 26.7. The van der Waals surface area contributed by atoms with E-state index in [1.807, 2.05) is 18.2 Å². The van der Waals surface area contributed by atoms with Crippen molar-refractivity contribution < 1.29 is 13.5 Å². The molecule has 1 unspecified atom stereocenters. The molecule has 0 saturated heterocycles. The first-order valence-corrected chi connectivity index (χ1v) is 8.99. The molecule has 0 radical (unpaired) electrons. The van der Waals surface area contributed by atoms with Crippen LogP contribution in [0.25, 0.3) is 0 Å². The summed E-state index contributed by atoms with van der Waals surface area (Å²) in [6, 6.07) is 11.5. The van der Waals surface area contributed by atoms with Gasteiger partial charge >= 0.3 is 0 Å². The molecule has 0 aliphatic carbocycles. The maximum atomic E-state index is 12.1. The van der Waals surface area contributed by atoms with Gasteiger partial charge in [0.05, 0.1) is 22.6 Å². The Hall–Kier alpha value is -1.72. The molecule has 1 heterocycles. The summed E-state index contributed by atoms with van der Waals surface area (Å²) in [5.41, 5.74) is 0.420. The normalized spacial score (nSPS) is 12.8. The van der Waals surface area contributed by atoms with Gasteiger partial charge in [0.1, 0.15) is 0 Å². The second kappa shape index (κ2) is 7.03. The molecule has 0 aliphatic heterocycles. The number of aliphatic hydroxyl groups is 1. The molecule has 2 rings (SSSR count). The van der Waals surface area contributed by atoms with E-state index in [1.54, 1.807) is 6.92 Å². The zero-order valence-corrected chi connectivity index (χ0v) is 13.6. The average molecular weight is 336 g/mol. The Morgan fingerprint density at radius 2 is 1.95 bits per heavy atom. The first-order chi connectivity index (χ1) is 10.4. The van der Waals surface area contributed by atoms with Crippen LogP contribution in [0.5, 0.6) is 0 Å². The lowest BCUT2D eigenvalue weighted by molar-refractivity contribution is 0.203. The lowest BCUT2D eigenvalue weighted by atomic mass is 10.2. The molecule has 0 saturated carbocycles. The van der Waals surface area contributed by atoms with Crippen molar-refractivity contribution in [3.8, 4) is 6.07 Å². The fourth-order valence-electron chi connectivity index (χ4n) is 1.85. The smallest absolute Gasteiger partial charge is 0.240 e. The third-order valence-corrected chi connectivity index (χ3v) is 5.84. The van der Waals surface area contributed by atoms with E-state index >= 15 is 0 Å². The predicted octanol–water partition coefficient (Wildman–Crippen LogP) is 2.19. The van der Waals surface area contributed by atoms with Crippen molar-refractivity contribution in [3.63, 3.8) is 0 Å². The maximum absolute atomic E-state index is 12.1. The average Bonchev–Trinajstić information content (AvgIpc) is 2.96. The van der Waals surface area contributed by atoms with Crippen LogP contribution in [-0.4, -0.2) is 20.1 Å². The van der Waals surface area contributed by atoms with Gasteiger partial charge in [0.2, 0.25) is 10.0 Å². The van der Waals surface area contributed by atoms with Crippen molar-refractivity contribution in [1.29, 1.82) is 5.26 Å². The lowest BCUT2D eigenvalue weighted by Crippen LogP contribution is -2.25. The third-order valence-electron chi connectivity index (χ3n) is 3.05. The largest absolute Gasteiger partial charge is 0.388 e. The minimum absolute atomic E-state index is 0.141. The number of hydrogen-bond donors (Lipinski definition) is 2. The topological polar surface area (TPSA) is 90.2 Å². The highest BCUT2D eigenvalue weighted by atomic mass is 32.2. The van der Waals surface area contributed by atoms with Gasteiger partial charge in [0.25, 0.3) is 0 Å². The Morgan fingerprint density at radius 1 is 1.27 bits per heavy atom.